The minimum absolute atomic E-state index is 0.522. The Morgan fingerprint density at radius 3 is 2.93 bits per heavy atom. The zero-order valence-electron chi connectivity index (χ0n) is 9.49. The van der Waals surface area contributed by atoms with Crippen molar-refractivity contribution < 1.29 is 9.57 Å². The van der Waals surface area contributed by atoms with Gasteiger partial charge in [0.15, 0.2) is 0 Å². The minimum atomic E-state index is 0.522. The van der Waals surface area contributed by atoms with Gasteiger partial charge in [0.25, 0.3) is 0 Å². The van der Waals surface area contributed by atoms with Crippen LogP contribution in [0.4, 0.5) is 0 Å². The molecule has 0 aromatic carbocycles. The first kappa shape index (κ1) is 11.9. The highest BCUT2D eigenvalue weighted by molar-refractivity contribution is 5.24. The topological polar surface area (TPSA) is 43.4 Å². The maximum absolute atomic E-state index is 5.27. The second-order valence-electron chi connectivity index (χ2n) is 3.70. The number of nitrogens with zero attached hydrogens (tertiary/aromatic N) is 1. The number of methoxy groups -OCH3 is 1. The Morgan fingerprint density at radius 2 is 2.27 bits per heavy atom. The molecule has 0 spiro atoms. The van der Waals surface area contributed by atoms with Gasteiger partial charge in [-0.05, 0) is 12.0 Å². The van der Waals surface area contributed by atoms with Gasteiger partial charge in [0.05, 0.1) is 20.3 Å². The van der Waals surface area contributed by atoms with Gasteiger partial charge in [-0.15, -0.1) is 0 Å². The number of ether oxygens (including phenoxy) is 1. The Labute approximate surface area is 90.6 Å². The summed E-state index contributed by atoms with van der Waals surface area (Å²) in [4.78, 5) is 9.36. The van der Waals surface area contributed by atoms with Crippen LogP contribution in [0.25, 0.3) is 0 Å². The molecule has 0 saturated heterocycles. The molecule has 0 bridgehead atoms. The van der Waals surface area contributed by atoms with Crippen LogP contribution < -0.4 is 10.2 Å². The van der Waals surface area contributed by atoms with Crippen molar-refractivity contribution in [3.05, 3.63) is 23.9 Å². The molecule has 0 amide bonds. The van der Waals surface area contributed by atoms with E-state index >= 15 is 0 Å². The molecule has 1 aromatic rings. The van der Waals surface area contributed by atoms with Gasteiger partial charge in [0.1, 0.15) is 0 Å². The highest BCUT2D eigenvalue weighted by Crippen LogP contribution is 2.12. The normalized spacial score (nSPS) is 10.7. The van der Waals surface area contributed by atoms with Gasteiger partial charge in [-0.3, -0.25) is 0 Å². The molecule has 84 valence electrons. The van der Waals surface area contributed by atoms with E-state index in [0.717, 1.165) is 5.56 Å². The van der Waals surface area contributed by atoms with Crippen LogP contribution in [0.1, 0.15) is 19.4 Å². The molecule has 15 heavy (non-hydrogen) atoms. The van der Waals surface area contributed by atoms with Crippen molar-refractivity contribution in [2.24, 2.45) is 5.92 Å². The van der Waals surface area contributed by atoms with Crippen LogP contribution in [0, 0.1) is 5.92 Å². The van der Waals surface area contributed by atoms with Gasteiger partial charge in [-0.25, -0.2) is 4.98 Å². The summed E-state index contributed by atoms with van der Waals surface area (Å²) in [6, 6.07) is 3.83. The highest BCUT2D eigenvalue weighted by Gasteiger charge is 2.02. The Bertz CT molecular complexity index is 290. The molecular weight excluding hydrogens is 192 g/mol. The third-order valence-electron chi connectivity index (χ3n) is 1.82. The van der Waals surface area contributed by atoms with Crippen molar-refractivity contribution in [3.63, 3.8) is 0 Å². The lowest BCUT2D eigenvalue weighted by atomic mass is 10.2. The van der Waals surface area contributed by atoms with Crippen LogP contribution in [0.3, 0.4) is 0 Å². The van der Waals surface area contributed by atoms with E-state index in [4.69, 9.17) is 9.57 Å². The molecule has 0 aliphatic carbocycles. The molecular formula is C11H18N2O2. The molecule has 0 atom stereocenters. The summed E-state index contributed by atoms with van der Waals surface area (Å²) in [5.41, 5.74) is 3.88. The summed E-state index contributed by atoms with van der Waals surface area (Å²) >= 11 is 0. The Balaban J connectivity index is 2.36. The van der Waals surface area contributed by atoms with Crippen LogP contribution in [0.2, 0.25) is 0 Å². The fraction of sp³-hybridized carbons (Fsp3) is 0.545. The first-order chi connectivity index (χ1) is 7.24. The Morgan fingerprint density at radius 1 is 1.47 bits per heavy atom. The summed E-state index contributed by atoms with van der Waals surface area (Å²) in [6.07, 6.45) is 1.71. The average Bonchev–Trinajstić information content (AvgIpc) is 2.24. The number of nitrogens with one attached hydrogen (secondary N) is 1. The van der Waals surface area contributed by atoms with E-state index in [1.807, 2.05) is 12.1 Å². The van der Waals surface area contributed by atoms with Gasteiger partial charge in [-0.1, -0.05) is 19.9 Å². The first-order valence-electron chi connectivity index (χ1n) is 5.06. The zero-order valence-corrected chi connectivity index (χ0v) is 9.49. The van der Waals surface area contributed by atoms with Gasteiger partial charge in [-0.2, -0.15) is 5.48 Å². The summed E-state index contributed by atoms with van der Waals surface area (Å²) in [6.45, 7) is 5.50. The highest BCUT2D eigenvalue weighted by atomic mass is 16.6. The zero-order chi connectivity index (χ0) is 11.1. The first-order valence-corrected chi connectivity index (χ1v) is 5.06. The number of aromatic nitrogens is 1. The van der Waals surface area contributed by atoms with Crippen molar-refractivity contribution in [2.75, 3.05) is 13.7 Å². The van der Waals surface area contributed by atoms with Gasteiger partial charge in [0.2, 0.25) is 5.88 Å². The number of hydrogen-bond acceptors (Lipinski definition) is 4. The maximum atomic E-state index is 5.27. The largest absolute Gasteiger partial charge is 0.481 e. The summed E-state index contributed by atoms with van der Waals surface area (Å²) in [5.74, 6) is 1.16. The number of pyridine rings is 1. The maximum Gasteiger partial charge on any atom is 0.217 e. The molecule has 1 aromatic heterocycles. The van der Waals surface area contributed by atoms with E-state index in [1.165, 1.54) is 0 Å². The lowest BCUT2D eigenvalue weighted by Crippen LogP contribution is -2.17. The van der Waals surface area contributed by atoms with E-state index in [-0.39, 0.29) is 0 Å². The molecule has 4 nitrogen and oxygen atoms in total. The lowest BCUT2D eigenvalue weighted by Gasteiger charge is -2.09. The van der Waals surface area contributed by atoms with Gasteiger partial charge in [0, 0.05) is 11.8 Å². The Hall–Kier alpha value is -1.13. The predicted molar refractivity (Wildman–Crippen MR) is 58.4 cm³/mol. The van der Waals surface area contributed by atoms with Crippen molar-refractivity contribution in [1.29, 1.82) is 0 Å². The quantitative estimate of drug-likeness (QED) is 0.574. The molecule has 1 heterocycles. The third-order valence-corrected chi connectivity index (χ3v) is 1.82. The molecule has 0 radical (unpaired) electrons. The number of hydroxylamine groups is 1. The van der Waals surface area contributed by atoms with Crippen LogP contribution in [-0.4, -0.2) is 18.7 Å². The summed E-state index contributed by atoms with van der Waals surface area (Å²) in [7, 11) is 1.61. The van der Waals surface area contributed by atoms with Crippen molar-refractivity contribution in [2.45, 2.75) is 20.4 Å². The van der Waals surface area contributed by atoms with Gasteiger partial charge >= 0.3 is 0 Å². The molecule has 4 heteroatoms. The standard InChI is InChI=1S/C11H18N2O2/c1-9(2)8-15-13-7-10-5-4-6-12-11(10)14-3/h4-6,9,13H,7-8H2,1-3H3. The fourth-order valence-electron chi connectivity index (χ4n) is 1.10. The number of rotatable bonds is 6. The van der Waals surface area contributed by atoms with Crippen LogP contribution in [0.5, 0.6) is 5.88 Å². The number of hydrogen-bond donors (Lipinski definition) is 1. The second-order valence-corrected chi connectivity index (χ2v) is 3.70. The minimum Gasteiger partial charge on any atom is -0.481 e. The summed E-state index contributed by atoms with van der Waals surface area (Å²) in [5, 5.41) is 0. The van der Waals surface area contributed by atoms with E-state index in [1.54, 1.807) is 13.3 Å². The van der Waals surface area contributed by atoms with E-state index in [2.05, 4.69) is 24.3 Å². The smallest absolute Gasteiger partial charge is 0.217 e. The molecule has 1 rings (SSSR count). The molecule has 0 aliphatic rings. The van der Waals surface area contributed by atoms with Crippen LogP contribution in [0.15, 0.2) is 18.3 Å². The van der Waals surface area contributed by atoms with Crippen LogP contribution >= 0.6 is 0 Å². The monoisotopic (exact) mass is 210 g/mol. The predicted octanol–water partition coefficient (Wildman–Crippen LogP) is 1.77. The van der Waals surface area contributed by atoms with Crippen molar-refractivity contribution in [3.8, 4) is 5.88 Å². The van der Waals surface area contributed by atoms with Gasteiger partial charge < -0.3 is 9.57 Å². The van der Waals surface area contributed by atoms with E-state index in [0.29, 0.717) is 24.9 Å². The van der Waals surface area contributed by atoms with E-state index < -0.39 is 0 Å². The SMILES string of the molecule is COc1ncccc1CNOCC(C)C. The lowest BCUT2D eigenvalue weighted by molar-refractivity contribution is 0.0192. The Kier molecular flexibility index (Phi) is 5.07. The van der Waals surface area contributed by atoms with E-state index in [9.17, 15) is 0 Å². The van der Waals surface area contributed by atoms with Crippen LogP contribution in [-0.2, 0) is 11.4 Å². The van der Waals surface area contributed by atoms with Crippen molar-refractivity contribution >= 4 is 0 Å². The molecule has 1 N–H and O–H groups in total. The second kappa shape index (κ2) is 6.37. The molecule has 0 fully saturated rings. The average molecular weight is 210 g/mol. The molecule has 0 unspecified atom stereocenters. The molecule has 0 saturated carbocycles. The fourth-order valence-corrected chi connectivity index (χ4v) is 1.10. The summed E-state index contributed by atoms with van der Waals surface area (Å²) < 4.78 is 5.12. The van der Waals surface area contributed by atoms with Crippen molar-refractivity contribution in [1.82, 2.24) is 10.5 Å². The molecule has 0 aliphatic heterocycles. The third kappa shape index (κ3) is 4.27.